The molecule has 98 valence electrons. The lowest BCUT2D eigenvalue weighted by Crippen LogP contribution is -2.41. The van der Waals surface area contributed by atoms with Crippen molar-refractivity contribution in [3.63, 3.8) is 0 Å². The maximum atomic E-state index is 5.25. The van der Waals surface area contributed by atoms with E-state index in [0.29, 0.717) is 0 Å². The summed E-state index contributed by atoms with van der Waals surface area (Å²) in [5, 5.41) is 0.809. The minimum Gasteiger partial charge on any atom is -0.338 e. The fraction of sp³-hybridized carbons (Fsp3) is 0.167. The summed E-state index contributed by atoms with van der Waals surface area (Å²) in [4.78, 5) is 15.1. The summed E-state index contributed by atoms with van der Waals surface area (Å²) in [6.07, 6.45) is 3.58. The third-order valence-corrected chi connectivity index (χ3v) is 4.70. The first kappa shape index (κ1) is 12.3. The van der Waals surface area contributed by atoms with Gasteiger partial charge in [-0.1, -0.05) is 12.1 Å². The predicted molar refractivity (Wildman–Crippen MR) is 73.4 cm³/mol. The lowest BCUT2D eigenvalue weighted by Gasteiger charge is -1.97. The van der Waals surface area contributed by atoms with Gasteiger partial charge in [-0.25, -0.2) is 4.98 Å². The van der Waals surface area contributed by atoms with Gasteiger partial charge < -0.3 is 9.68 Å². The van der Waals surface area contributed by atoms with Gasteiger partial charge in [-0.2, -0.15) is 0 Å². The molecule has 3 rings (SSSR count). The molecule has 0 saturated heterocycles. The summed E-state index contributed by atoms with van der Waals surface area (Å²) in [7, 11) is 3.23. The molecule has 2 aromatic heterocycles. The molecule has 1 aromatic carbocycles. The Kier molecular flexibility index (Phi) is 3.31. The molecule has 0 aliphatic rings. The normalized spacial score (nSPS) is 10.8. The summed E-state index contributed by atoms with van der Waals surface area (Å²) in [6, 6.07) is 8.08. The largest absolute Gasteiger partial charge is 0.403 e. The highest BCUT2D eigenvalue weighted by atomic mass is 32.2. The quantitative estimate of drug-likeness (QED) is 0.686. The molecule has 0 fully saturated rings. The Morgan fingerprint density at radius 2 is 2.16 bits per heavy atom. The van der Waals surface area contributed by atoms with Gasteiger partial charge in [0.2, 0.25) is 0 Å². The van der Waals surface area contributed by atoms with Crippen LogP contribution in [0.3, 0.4) is 0 Å². The van der Waals surface area contributed by atoms with Crippen molar-refractivity contribution in [1.29, 1.82) is 0 Å². The van der Waals surface area contributed by atoms with E-state index >= 15 is 0 Å². The van der Waals surface area contributed by atoms with Crippen LogP contribution in [0.15, 0.2) is 46.2 Å². The van der Waals surface area contributed by atoms with Gasteiger partial charge in [-0.15, -0.1) is 11.3 Å². The number of benzene rings is 1. The van der Waals surface area contributed by atoms with Crippen molar-refractivity contribution in [3.8, 4) is 0 Å². The van der Waals surface area contributed by atoms with Crippen molar-refractivity contribution >= 4 is 33.3 Å². The predicted octanol–water partition coefficient (Wildman–Crippen LogP) is 1.65. The monoisotopic (exact) mass is 294 g/mol. The molecule has 0 amide bonds. The van der Waals surface area contributed by atoms with E-state index in [1.54, 1.807) is 47.4 Å². The molecule has 0 saturated carbocycles. The van der Waals surface area contributed by atoms with Gasteiger partial charge in [0, 0.05) is 11.8 Å². The van der Waals surface area contributed by atoms with Crippen molar-refractivity contribution in [2.75, 3.05) is 14.2 Å². The van der Waals surface area contributed by atoms with Crippen LogP contribution in [-0.4, -0.2) is 23.9 Å². The first-order chi connectivity index (χ1) is 9.31. The molecule has 5 nitrogen and oxygen atoms in total. The third kappa shape index (κ3) is 2.26. The number of aromatic nitrogens is 3. The zero-order valence-corrected chi connectivity index (χ0v) is 12.1. The van der Waals surface area contributed by atoms with Crippen molar-refractivity contribution in [2.45, 2.75) is 9.50 Å². The molecule has 0 radical (unpaired) electrons. The molecule has 0 aliphatic carbocycles. The zero-order chi connectivity index (χ0) is 13.2. The van der Waals surface area contributed by atoms with E-state index in [-0.39, 0.29) is 0 Å². The van der Waals surface area contributed by atoms with Crippen molar-refractivity contribution in [2.24, 2.45) is 0 Å². The Morgan fingerprint density at radius 1 is 1.32 bits per heavy atom. The Balaban J connectivity index is 1.98. The van der Waals surface area contributed by atoms with Gasteiger partial charge in [-0.05, 0) is 21.6 Å². The standard InChI is InChI=1S/C12H12N3O2S2/c1-16-14-7-8-15(17-2)12(14)19-11-13-9-5-3-4-6-10(9)18-11/h3-8H,1-2H3/q+1. The van der Waals surface area contributed by atoms with Crippen LogP contribution in [0.25, 0.3) is 10.2 Å². The molecule has 0 bridgehead atoms. The molecule has 2 heterocycles. The number of hydrogen-bond donors (Lipinski definition) is 0. The number of imidazole rings is 1. The molecule has 0 aliphatic heterocycles. The molecule has 0 N–H and O–H groups in total. The van der Waals surface area contributed by atoms with Gasteiger partial charge in [0.25, 0.3) is 0 Å². The highest BCUT2D eigenvalue weighted by Gasteiger charge is 2.22. The first-order valence-electron chi connectivity index (χ1n) is 5.57. The van der Waals surface area contributed by atoms with E-state index in [1.165, 1.54) is 16.5 Å². The summed E-state index contributed by atoms with van der Waals surface area (Å²) in [6.45, 7) is 0. The summed E-state index contributed by atoms with van der Waals surface area (Å²) in [5.41, 5.74) is 1.01. The number of thiazole rings is 1. The zero-order valence-electron chi connectivity index (χ0n) is 10.4. The van der Waals surface area contributed by atoms with Gasteiger partial charge in [0.15, 0.2) is 16.7 Å². The van der Waals surface area contributed by atoms with Gasteiger partial charge in [-0.3, -0.25) is 0 Å². The molecule has 7 heteroatoms. The molecule has 3 aromatic rings. The van der Waals surface area contributed by atoms with Crippen molar-refractivity contribution in [1.82, 2.24) is 9.71 Å². The van der Waals surface area contributed by atoms with Crippen LogP contribution in [0.5, 0.6) is 0 Å². The van der Waals surface area contributed by atoms with Crippen LogP contribution in [0, 0.1) is 0 Å². The van der Waals surface area contributed by atoms with Crippen LogP contribution in [0.1, 0.15) is 0 Å². The van der Waals surface area contributed by atoms with E-state index in [2.05, 4.69) is 11.1 Å². The fourth-order valence-electron chi connectivity index (χ4n) is 1.69. The summed E-state index contributed by atoms with van der Waals surface area (Å²) >= 11 is 3.15. The Labute approximate surface area is 118 Å². The van der Waals surface area contributed by atoms with Crippen LogP contribution in [0.4, 0.5) is 0 Å². The average Bonchev–Trinajstić information content (AvgIpc) is 3.01. The van der Waals surface area contributed by atoms with Crippen molar-refractivity contribution in [3.05, 3.63) is 36.7 Å². The second-order valence-corrected chi connectivity index (χ2v) is 5.89. The maximum absolute atomic E-state index is 5.25. The Hall–Kier alpha value is -1.73. The van der Waals surface area contributed by atoms with E-state index in [4.69, 9.17) is 9.68 Å². The van der Waals surface area contributed by atoms with Gasteiger partial charge in [0.05, 0.1) is 10.2 Å². The smallest absolute Gasteiger partial charge is 0.338 e. The molecular weight excluding hydrogens is 282 g/mol. The number of fused-ring (bicyclic) bond motifs is 1. The molecule has 0 atom stereocenters. The minimum absolute atomic E-state index is 0.809. The Bertz CT molecular complexity index is 653. The minimum atomic E-state index is 0.809. The number of rotatable bonds is 4. The topological polar surface area (TPSA) is 40.2 Å². The third-order valence-electron chi connectivity index (χ3n) is 2.56. The van der Waals surface area contributed by atoms with Crippen LogP contribution < -0.4 is 14.4 Å². The number of nitrogens with zero attached hydrogens (tertiary/aromatic N) is 3. The SMILES string of the molecule is COn1cc[n+](OC)c1Sc1nc2ccccc2s1. The fourth-order valence-corrected chi connectivity index (χ4v) is 3.79. The molecular formula is C12H12N3O2S2+. The highest BCUT2D eigenvalue weighted by Crippen LogP contribution is 2.32. The lowest BCUT2D eigenvalue weighted by molar-refractivity contribution is -0.914. The first-order valence-corrected chi connectivity index (χ1v) is 7.20. The van der Waals surface area contributed by atoms with Crippen molar-refractivity contribution < 1.29 is 14.4 Å². The molecule has 19 heavy (non-hydrogen) atoms. The number of hydrogen-bond acceptors (Lipinski definition) is 5. The van der Waals surface area contributed by atoms with Crippen LogP contribution >= 0.6 is 23.1 Å². The summed E-state index contributed by atoms with van der Waals surface area (Å²) < 4.78 is 5.40. The number of para-hydroxylation sites is 1. The second kappa shape index (κ2) is 5.10. The lowest BCUT2D eigenvalue weighted by atomic mass is 10.3. The second-order valence-electron chi connectivity index (χ2n) is 3.65. The molecule has 0 spiro atoms. The summed E-state index contributed by atoms with van der Waals surface area (Å²) in [5.74, 6) is 0. The van der Waals surface area contributed by atoms with E-state index in [0.717, 1.165) is 15.0 Å². The van der Waals surface area contributed by atoms with E-state index in [9.17, 15) is 0 Å². The van der Waals surface area contributed by atoms with E-state index in [1.807, 2.05) is 18.2 Å². The van der Waals surface area contributed by atoms with E-state index < -0.39 is 0 Å². The van der Waals surface area contributed by atoms with Crippen LogP contribution in [0.2, 0.25) is 0 Å². The maximum Gasteiger partial charge on any atom is 0.403 e. The Morgan fingerprint density at radius 3 is 2.89 bits per heavy atom. The van der Waals surface area contributed by atoms with Gasteiger partial charge in [0.1, 0.15) is 14.2 Å². The van der Waals surface area contributed by atoms with Crippen LogP contribution in [-0.2, 0) is 0 Å². The van der Waals surface area contributed by atoms with Gasteiger partial charge >= 0.3 is 5.16 Å². The highest BCUT2D eigenvalue weighted by molar-refractivity contribution is 8.00. The molecule has 0 unspecified atom stereocenters. The average molecular weight is 294 g/mol.